The van der Waals surface area contributed by atoms with Gasteiger partial charge in [-0.1, -0.05) is 39.0 Å². The fourth-order valence-corrected chi connectivity index (χ4v) is 4.23. The molecule has 0 aromatic heterocycles. The van der Waals surface area contributed by atoms with Gasteiger partial charge in [0.15, 0.2) is 11.5 Å². The maximum Gasteiger partial charge on any atom is 0.246 e. The van der Waals surface area contributed by atoms with Gasteiger partial charge < -0.3 is 14.8 Å². The molecule has 1 saturated heterocycles. The van der Waals surface area contributed by atoms with Crippen LogP contribution in [-0.4, -0.2) is 30.7 Å². The van der Waals surface area contributed by atoms with E-state index in [1.54, 1.807) is 0 Å². The summed E-state index contributed by atoms with van der Waals surface area (Å²) >= 11 is 0. The number of likely N-dealkylation sites (tertiary alicyclic amines) is 1. The van der Waals surface area contributed by atoms with Crippen molar-refractivity contribution in [3.8, 4) is 11.5 Å². The number of nitrogens with zero attached hydrogens (tertiary/aromatic N) is 1. The Morgan fingerprint density at radius 3 is 2.52 bits per heavy atom. The maximum absolute atomic E-state index is 13.4. The van der Waals surface area contributed by atoms with E-state index in [2.05, 4.69) is 43.1 Å². The molecule has 1 fully saturated rings. The first-order chi connectivity index (χ1) is 14.0. The number of nitrogens with one attached hydrogen (secondary N) is 1. The molecule has 0 bridgehead atoms. The second-order valence-corrected chi connectivity index (χ2v) is 8.52. The highest BCUT2D eigenvalue weighted by atomic mass is 16.7. The molecule has 2 aliphatic heterocycles. The Hall–Kier alpha value is -2.53. The van der Waals surface area contributed by atoms with Gasteiger partial charge >= 0.3 is 0 Å². The molecule has 4 rings (SSSR count). The SMILES string of the molecule is CC(C)c1ccc(NC(=O)[C@@H](c2ccc3c(c2)OCO3)N2CCC[C@H](C)C2)cc1. The van der Waals surface area contributed by atoms with E-state index in [1.807, 2.05) is 30.3 Å². The molecule has 2 aromatic rings. The number of fused-ring (bicyclic) bond motifs is 1. The molecule has 0 radical (unpaired) electrons. The summed E-state index contributed by atoms with van der Waals surface area (Å²) in [6, 6.07) is 13.6. The molecule has 154 valence electrons. The van der Waals surface area contributed by atoms with Gasteiger partial charge in [-0.15, -0.1) is 0 Å². The molecule has 0 unspecified atom stereocenters. The van der Waals surface area contributed by atoms with Crippen molar-refractivity contribution in [2.24, 2.45) is 5.92 Å². The van der Waals surface area contributed by atoms with Gasteiger partial charge in [0.2, 0.25) is 12.7 Å². The van der Waals surface area contributed by atoms with Crippen molar-refractivity contribution in [3.05, 3.63) is 53.6 Å². The lowest BCUT2D eigenvalue weighted by Crippen LogP contribution is -2.42. The zero-order valence-electron chi connectivity index (χ0n) is 17.5. The van der Waals surface area contributed by atoms with E-state index in [9.17, 15) is 4.79 Å². The maximum atomic E-state index is 13.4. The van der Waals surface area contributed by atoms with Gasteiger partial charge in [0.25, 0.3) is 0 Å². The first-order valence-electron chi connectivity index (χ1n) is 10.6. The Balaban J connectivity index is 1.59. The summed E-state index contributed by atoms with van der Waals surface area (Å²) in [7, 11) is 0. The third kappa shape index (κ3) is 4.40. The average Bonchev–Trinajstić information content (AvgIpc) is 3.16. The number of piperidine rings is 1. The van der Waals surface area contributed by atoms with Gasteiger partial charge in [0, 0.05) is 12.2 Å². The third-order valence-corrected chi connectivity index (χ3v) is 5.86. The summed E-state index contributed by atoms with van der Waals surface area (Å²) in [4.78, 5) is 15.7. The second kappa shape index (κ2) is 8.46. The van der Waals surface area contributed by atoms with Crippen LogP contribution in [-0.2, 0) is 4.79 Å². The lowest BCUT2D eigenvalue weighted by atomic mass is 9.95. The summed E-state index contributed by atoms with van der Waals surface area (Å²) in [5, 5.41) is 3.13. The van der Waals surface area contributed by atoms with Crippen molar-refractivity contribution in [1.29, 1.82) is 0 Å². The van der Waals surface area contributed by atoms with E-state index in [0.717, 1.165) is 36.5 Å². The fraction of sp³-hybridized carbons (Fsp3) is 0.458. The highest BCUT2D eigenvalue weighted by Gasteiger charge is 2.32. The van der Waals surface area contributed by atoms with Gasteiger partial charge in [-0.25, -0.2) is 0 Å². The molecule has 2 aliphatic rings. The number of rotatable bonds is 5. The molecule has 1 amide bonds. The smallest absolute Gasteiger partial charge is 0.246 e. The minimum Gasteiger partial charge on any atom is -0.454 e. The van der Waals surface area contributed by atoms with Crippen molar-refractivity contribution in [2.45, 2.75) is 45.6 Å². The van der Waals surface area contributed by atoms with Gasteiger partial charge in [-0.3, -0.25) is 9.69 Å². The minimum absolute atomic E-state index is 0.00439. The Morgan fingerprint density at radius 2 is 1.79 bits per heavy atom. The zero-order valence-corrected chi connectivity index (χ0v) is 17.5. The standard InChI is InChI=1S/C24H30N2O3/c1-16(2)18-6-9-20(10-7-18)25-24(27)23(26-12-4-5-17(3)14-26)19-8-11-21-22(13-19)29-15-28-21/h6-11,13,16-17,23H,4-5,12,14-15H2,1-3H3,(H,25,27)/t17-,23+/m0/s1. The molecule has 0 saturated carbocycles. The monoisotopic (exact) mass is 394 g/mol. The van der Waals surface area contributed by atoms with Gasteiger partial charge in [-0.2, -0.15) is 0 Å². The summed E-state index contributed by atoms with van der Waals surface area (Å²) < 4.78 is 11.0. The molecule has 5 nitrogen and oxygen atoms in total. The molecule has 1 N–H and O–H groups in total. The molecular formula is C24H30N2O3. The van der Waals surface area contributed by atoms with Gasteiger partial charge in [0.05, 0.1) is 0 Å². The topological polar surface area (TPSA) is 50.8 Å². The predicted octanol–water partition coefficient (Wildman–Crippen LogP) is 4.95. The number of carbonyl (C=O) groups is 1. The molecular weight excluding hydrogens is 364 g/mol. The molecule has 2 heterocycles. The lowest BCUT2D eigenvalue weighted by molar-refractivity contribution is -0.122. The van der Waals surface area contributed by atoms with Crippen LogP contribution in [0.1, 0.15) is 56.7 Å². The number of ether oxygens (including phenoxy) is 2. The lowest BCUT2D eigenvalue weighted by Gasteiger charge is -2.36. The van der Waals surface area contributed by atoms with Crippen LogP contribution in [0.25, 0.3) is 0 Å². The van der Waals surface area contributed by atoms with E-state index in [-0.39, 0.29) is 18.7 Å². The highest BCUT2D eigenvalue weighted by molar-refractivity contribution is 5.95. The van der Waals surface area contributed by atoms with Gasteiger partial charge in [-0.05, 0) is 66.6 Å². The number of carbonyl (C=O) groups excluding carboxylic acids is 1. The van der Waals surface area contributed by atoms with E-state index >= 15 is 0 Å². The first kappa shape index (κ1) is 19.8. The van der Waals surface area contributed by atoms with Crippen LogP contribution in [0.15, 0.2) is 42.5 Å². The second-order valence-electron chi connectivity index (χ2n) is 8.52. The van der Waals surface area contributed by atoms with Crippen LogP contribution < -0.4 is 14.8 Å². The van der Waals surface area contributed by atoms with Crippen LogP contribution in [0.5, 0.6) is 11.5 Å². The normalized spacial score (nSPS) is 19.9. The van der Waals surface area contributed by atoms with Crippen molar-refractivity contribution < 1.29 is 14.3 Å². The number of amides is 1. The number of hydrogen-bond acceptors (Lipinski definition) is 4. The van der Waals surface area contributed by atoms with Crippen molar-refractivity contribution in [1.82, 2.24) is 4.90 Å². The molecule has 29 heavy (non-hydrogen) atoms. The Kier molecular flexibility index (Phi) is 5.76. The van der Waals surface area contributed by atoms with Crippen molar-refractivity contribution in [3.63, 3.8) is 0 Å². The van der Waals surface area contributed by atoms with Crippen LogP contribution in [0, 0.1) is 5.92 Å². The van der Waals surface area contributed by atoms with Crippen molar-refractivity contribution >= 4 is 11.6 Å². The molecule has 0 spiro atoms. The van der Waals surface area contributed by atoms with Crippen LogP contribution in [0.2, 0.25) is 0 Å². The third-order valence-electron chi connectivity index (χ3n) is 5.86. The van der Waals surface area contributed by atoms with Crippen LogP contribution in [0.4, 0.5) is 5.69 Å². The van der Waals surface area contributed by atoms with E-state index in [4.69, 9.17) is 9.47 Å². The molecule has 2 aromatic carbocycles. The summed E-state index contributed by atoms with van der Waals surface area (Å²) in [6.07, 6.45) is 2.32. The van der Waals surface area contributed by atoms with E-state index in [1.165, 1.54) is 12.0 Å². The summed E-state index contributed by atoms with van der Waals surface area (Å²) in [5.74, 6) is 2.50. The quantitative estimate of drug-likeness (QED) is 0.780. The Labute approximate surface area is 173 Å². The fourth-order valence-electron chi connectivity index (χ4n) is 4.23. The number of hydrogen-bond donors (Lipinski definition) is 1. The van der Waals surface area contributed by atoms with E-state index in [0.29, 0.717) is 17.6 Å². The Bertz CT molecular complexity index is 863. The largest absolute Gasteiger partial charge is 0.454 e. The first-order valence-corrected chi connectivity index (χ1v) is 10.6. The van der Waals surface area contributed by atoms with Crippen LogP contribution >= 0.6 is 0 Å². The summed E-state index contributed by atoms with van der Waals surface area (Å²) in [6.45, 7) is 8.66. The average molecular weight is 395 g/mol. The predicted molar refractivity (Wildman–Crippen MR) is 114 cm³/mol. The van der Waals surface area contributed by atoms with Crippen molar-refractivity contribution in [2.75, 3.05) is 25.2 Å². The zero-order chi connectivity index (χ0) is 20.4. The van der Waals surface area contributed by atoms with Crippen LogP contribution in [0.3, 0.4) is 0 Å². The number of benzene rings is 2. The minimum atomic E-state index is -0.350. The van der Waals surface area contributed by atoms with E-state index < -0.39 is 0 Å². The molecule has 0 aliphatic carbocycles. The molecule has 2 atom stereocenters. The highest BCUT2D eigenvalue weighted by Crippen LogP contribution is 2.37. The Morgan fingerprint density at radius 1 is 1.07 bits per heavy atom. The summed E-state index contributed by atoms with van der Waals surface area (Å²) in [5.41, 5.74) is 3.04. The molecule has 5 heteroatoms. The number of anilines is 1. The van der Waals surface area contributed by atoms with Gasteiger partial charge in [0.1, 0.15) is 6.04 Å².